The summed E-state index contributed by atoms with van der Waals surface area (Å²) in [5, 5.41) is 29.0. The SMILES string of the molecule is CCCCCCCCCCCCCC/C=C/CO[C@@H]1[C@@H](O)[C@H](CO)OC[C@H]1O. The first-order valence-corrected chi connectivity index (χ1v) is 11.6. The molecule has 5 nitrogen and oxygen atoms in total. The van der Waals surface area contributed by atoms with Crippen LogP contribution in [0.15, 0.2) is 12.2 Å². The predicted molar refractivity (Wildman–Crippen MR) is 113 cm³/mol. The van der Waals surface area contributed by atoms with E-state index >= 15 is 0 Å². The molecule has 0 spiro atoms. The number of hydrogen-bond acceptors (Lipinski definition) is 5. The van der Waals surface area contributed by atoms with Gasteiger partial charge in [-0.1, -0.05) is 89.7 Å². The molecular weight excluding hydrogens is 356 g/mol. The van der Waals surface area contributed by atoms with Gasteiger partial charge in [0.15, 0.2) is 0 Å². The van der Waals surface area contributed by atoms with E-state index in [1.807, 2.05) is 6.08 Å². The Hall–Kier alpha value is -0.460. The van der Waals surface area contributed by atoms with Crippen molar-refractivity contribution >= 4 is 0 Å². The van der Waals surface area contributed by atoms with Crippen LogP contribution < -0.4 is 0 Å². The summed E-state index contributed by atoms with van der Waals surface area (Å²) in [4.78, 5) is 0. The number of ether oxygens (including phenoxy) is 2. The maximum Gasteiger partial charge on any atom is 0.114 e. The van der Waals surface area contributed by atoms with E-state index < -0.39 is 24.4 Å². The standard InChI is InChI=1S/C23H44O5/c1-2-3-4-5-6-7-8-9-10-11-12-13-14-15-16-17-27-23-20(25)19-28-21(18-24)22(23)26/h15-16,20-26H,2-14,17-19H2,1H3/b16-15+/t20-,21+,22+,23+/m1/s1. The topological polar surface area (TPSA) is 79.2 Å². The van der Waals surface area contributed by atoms with Gasteiger partial charge in [-0.05, 0) is 12.8 Å². The first-order chi connectivity index (χ1) is 13.7. The van der Waals surface area contributed by atoms with Crippen molar-refractivity contribution in [2.45, 2.75) is 115 Å². The Morgan fingerprint density at radius 2 is 1.43 bits per heavy atom. The fourth-order valence-corrected chi connectivity index (χ4v) is 3.68. The number of allylic oxidation sites excluding steroid dienone is 1. The lowest BCUT2D eigenvalue weighted by Gasteiger charge is -2.36. The third-order valence-corrected chi connectivity index (χ3v) is 5.53. The van der Waals surface area contributed by atoms with E-state index in [9.17, 15) is 10.2 Å². The van der Waals surface area contributed by atoms with Crippen LogP contribution >= 0.6 is 0 Å². The summed E-state index contributed by atoms with van der Waals surface area (Å²) in [5.41, 5.74) is 0. The van der Waals surface area contributed by atoms with Gasteiger partial charge in [-0.2, -0.15) is 0 Å². The Labute approximate surface area is 172 Å². The molecule has 0 aliphatic carbocycles. The number of hydrogen-bond donors (Lipinski definition) is 3. The van der Waals surface area contributed by atoms with Crippen LogP contribution in [0.3, 0.4) is 0 Å². The molecule has 1 aliphatic heterocycles. The molecule has 1 fully saturated rings. The van der Waals surface area contributed by atoms with Gasteiger partial charge in [0, 0.05) is 0 Å². The molecule has 0 amide bonds. The molecule has 0 radical (unpaired) electrons. The van der Waals surface area contributed by atoms with Gasteiger partial charge >= 0.3 is 0 Å². The average molecular weight is 401 g/mol. The molecule has 0 aromatic rings. The van der Waals surface area contributed by atoms with Crippen LogP contribution in [0.5, 0.6) is 0 Å². The van der Waals surface area contributed by atoms with Gasteiger partial charge in [0.05, 0.1) is 19.8 Å². The van der Waals surface area contributed by atoms with Crippen LogP contribution in [0.25, 0.3) is 0 Å². The number of unbranched alkanes of at least 4 members (excludes halogenated alkanes) is 12. The van der Waals surface area contributed by atoms with Crippen molar-refractivity contribution in [1.29, 1.82) is 0 Å². The zero-order valence-electron chi connectivity index (χ0n) is 17.9. The fourth-order valence-electron chi connectivity index (χ4n) is 3.68. The molecule has 0 saturated carbocycles. The van der Waals surface area contributed by atoms with Gasteiger partial charge in [-0.25, -0.2) is 0 Å². The maximum atomic E-state index is 10.0. The normalized spacial score (nSPS) is 25.6. The summed E-state index contributed by atoms with van der Waals surface area (Å²) in [6.07, 6.45) is 18.1. The van der Waals surface area contributed by atoms with E-state index in [0.717, 1.165) is 6.42 Å². The molecule has 1 saturated heterocycles. The number of aliphatic hydroxyl groups excluding tert-OH is 3. The lowest BCUT2D eigenvalue weighted by atomic mass is 10.0. The summed E-state index contributed by atoms with van der Waals surface area (Å²) in [6, 6.07) is 0. The monoisotopic (exact) mass is 400 g/mol. The summed E-state index contributed by atoms with van der Waals surface area (Å²) in [6.45, 7) is 2.43. The molecule has 28 heavy (non-hydrogen) atoms. The molecule has 166 valence electrons. The van der Waals surface area contributed by atoms with E-state index in [1.54, 1.807) is 0 Å². The van der Waals surface area contributed by atoms with Crippen molar-refractivity contribution in [3.05, 3.63) is 12.2 Å². The Morgan fingerprint density at radius 3 is 2.00 bits per heavy atom. The minimum absolute atomic E-state index is 0.0789. The highest BCUT2D eigenvalue weighted by Crippen LogP contribution is 2.18. The van der Waals surface area contributed by atoms with E-state index in [2.05, 4.69) is 13.0 Å². The largest absolute Gasteiger partial charge is 0.394 e. The summed E-state index contributed by atoms with van der Waals surface area (Å²) in [7, 11) is 0. The number of rotatable bonds is 17. The summed E-state index contributed by atoms with van der Waals surface area (Å²) < 4.78 is 10.7. The third-order valence-electron chi connectivity index (χ3n) is 5.53. The first-order valence-electron chi connectivity index (χ1n) is 11.6. The van der Waals surface area contributed by atoms with Gasteiger partial charge in [0.1, 0.15) is 24.4 Å². The quantitative estimate of drug-likeness (QED) is 0.253. The van der Waals surface area contributed by atoms with Crippen molar-refractivity contribution in [2.75, 3.05) is 19.8 Å². The van der Waals surface area contributed by atoms with Crippen molar-refractivity contribution in [2.24, 2.45) is 0 Å². The second-order valence-electron chi connectivity index (χ2n) is 8.06. The van der Waals surface area contributed by atoms with Crippen molar-refractivity contribution in [3.63, 3.8) is 0 Å². The lowest BCUT2D eigenvalue weighted by Crippen LogP contribution is -2.55. The smallest absolute Gasteiger partial charge is 0.114 e. The van der Waals surface area contributed by atoms with Gasteiger partial charge in [-0.15, -0.1) is 0 Å². The van der Waals surface area contributed by atoms with Crippen LogP contribution in [0.4, 0.5) is 0 Å². The Balaban J connectivity index is 1.90. The van der Waals surface area contributed by atoms with Crippen molar-refractivity contribution in [1.82, 2.24) is 0 Å². The molecule has 1 rings (SSSR count). The average Bonchev–Trinajstić information content (AvgIpc) is 2.70. The van der Waals surface area contributed by atoms with Crippen molar-refractivity contribution in [3.8, 4) is 0 Å². The fraction of sp³-hybridized carbons (Fsp3) is 0.913. The van der Waals surface area contributed by atoms with E-state index in [1.165, 1.54) is 77.0 Å². The predicted octanol–water partition coefficient (Wildman–Crippen LogP) is 4.13. The Kier molecular flexibility index (Phi) is 15.9. The molecule has 1 aliphatic rings. The zero-order valence-corrected chi connectivity index (χ0v) is 17.9. The maximum absolute atomic E-state index is 10.0. The van der Waals surface area contributed by atoms with E-state index in [0.29, 0.717) is 6.61 Å². The molecule has 5 heteroatoms. The second kappa shape index (κ2) is 17.4. The van der Waals surface area contributed by atoms with E-state index in [4.69, 9.17) is 14.6 Å². The van der Waals surface area contributed by atoms with Crippen LogP contribution in [0.1, 0.15) is 90.4 Å². The van der Waals surface area contributed by atoms with Crippen LogP contribution in [0, 0.1) is 0 Å². The zero-order chi connectivity index (χ0) is 20.5. The van der Waals surface area contributed by atoms with E-state index in [-0.39, 0.29) is 13.2 Å². The number of aliphatic hydroxyl groups is 3. The van der Waals surface area contributed by atoms with Gasteiger partial charge < -0.3 is 24.8 Å². The first kappa shape index (κ1) is 25.6. The lowest BCUT2D eigenvalue weighted by molar-refractivity contribution is -0.207. The summed E-state index contributed by atoms with van der Waals surface area (Å²) in [5.74, 6) is 0. The highest BCUT2D eigenvalue weighted by atomic mass is 16.6. The molecule has 0 unspecified atom stereocenters. The molecule has 0 bridgehead atoms. The molecule has 3 N–H and O–H groups in total. The van der Waals surface area contributed by atoms with Crippen molar-refractivity contribution < 1.29 is 24.8 Å². The Morgan fingerprint density at radius 1 is 0.857 bits per heavy atom. The molecular formula is C23H44O5. The minimum atomic E-state index is -1.00. The molecule has 0 aromatic heterocycles. The highest BCUT2D eigenvalue weighted by molar-refractivity contribution is 4.89. The van der Waals surface area contributed by atoms with Gasteiger partial charge in [0.25, 0.3) is 0 Å². The molecule has 4 atom stereocenters. The molecule has 1 heterocycles. The minimum Gasteiger partial charge on any atom is -0.394 e. The molecule has 0 aromatic carbocycles. The van der Waals surface area contributed by atoms with Crippen LogP contribution in [-0.4, -0.2) is 59.6 Å². The van der Waals surface area contributed by atoms with Gasteiger partial charge in [-0.3, -0.25) is 0 Å². The Bertz CT molecular complexity index is 374. The second-order valence-corrected chi connectivity index (χ2v) is 8.06. The highest BCUT2D eigenvalue weighted by Gasteiger charge is 2.38. The van der Waals surface area contributed by atoms with Crippen LogP contribution in [-0.2, 0) is 9.47 Å². The summed E-state index contributed by atoms with van der Waals surface area (Å²) >= 11 is 0. The van der Waals surface area contributed by atoms with Gasteiger partial charge in [0.2, 0.25) is 0 Å². The van der Waals surface area contributed by atoms with Crippen LogP contribution in [0.2, 0.25) is 0 Å². The third kappa shape index (κ3) is 11.5.